The molecule has 0 atom stereocenters. The van der Waals surface area contributed by atoms with Gasteiger partial charge >= 0.3 is 0 Å². The van der Waals surface area contributed by atoms with Crippen molar-refractivity contribution in [2.24, 2.45) is 0 Å². The molecule has 1 aliphatic heterocycles. The maximum atomic E-state index is 12.9. The number of hydrogen-bond donors (Lipinski definition) is 1. The largest absolute Gasteiger partial charge is 0.508 e. The van der Waals surface area contributed by atoms with E-state index in [2.05, 4.69) is 4.90 Å². The zero-order chi connectivity index (χ0) is 22.0. The van der Waals surface area contributed by atoms with E-state index in [-0.39, 0.29) is 10.6 Å². The Morgan fingerprint density at radius 3 is 2.35 bits per heavy atom. The average Bonchev–Trinajstić information content (AvgIpc) is 2.81. The van der Waals surface area contributed by atoms with Gasteiger partial charge in [-0.3, -0.25) is 4.90 Å². The van der Waals surface area contributed by atoms with Crippen molar-refractivity contribution in [1.82, 2.24) is 9.21 Å². The van der Waals surface area contributed by atoms with E-state index in [1.165, 1.54) is 28.6 Å². The van der Waals surface area contributed by atoms with E-state index in [9.17, 15) is 13.5 Å². The quantitative estimate of drug-likeness (QED) is 0.660. The predicted molar refractivity (Wildman–Crippen MR) is 117 cm³/mol. The van der Waals surface area contributed by atoms with E-state index >= 15 is 0 Å². The molecule has 3 aromatic rings. The van der Waals surface area contributed by atoms with Crippen LogP contribution in [0.25, 0.3) is 10.8 Å². The first-order chi connectivity index (χ1) is 14.9. The minimum absolute atomic E-state index is 0.193. The number of hydrogen-bond acceptors (Lipinski definition) is 6. The number of rotatable bonds is 5. The number of ether oxygens (including phenoxy) is 1. The number of fused-ring (bicyclic) bond motifs is 1. The Bertz CT molecular complexity index is 1240. The Kier molecular flexibility index (Phi) is 5.83. The summed E-state index contributed by atoms with van der Waals surface area (Å²) in [4.78, 5) is 2.33. The highest BCUT2D eigenvalue weighted by Gasteiger charge is 2.29. The molecule has 160 valence electrons. The monoisotopic (exact) mass is 437 g/mol. The Morgan fingerprint density at radius 1 is 1.03 bits per heavy atom. The molecule has 8 heteroatoms. The van der Waals surface area contributed by atoms with Crippen molar-refractivity contribution >= 4 is 20.8 Å². The number of sulfonamides is 1. The molecule has 0 aromatic heterocycles. The maximum Gasteiger partial charge on any atom is 0.243 e. The van der Waals surface area contributed by atoms with Gasteiger partial charge in [-0.25, -0.2) is 8.42 Å². The van der Waals surface area contributed by atoms with Gasteiger partial charge in [-0.05, 0) is 53.2 Å². The van der Waals surface area contributed by atoms with Crippen LogP contribution in [-0.4, -0.2) is 56.0 Å². The molecule has 4 rings (SSSR count). The van der Waals surface area contributed by atoms with Crippen molar-refractivity contribution in [3.63, 3.8) is 0 Å². The van der Waals surface area contributed by atoms with Crippen LogP contribution >= 0.6 is 0 Å². The molecule has 1 N–H and O–H groups in total. The van der Waals surface area contributed by atoms with Crippen molar-refractivity contribution < 1.29 is 18.3 Å². The van der Waals surface area contributed by atoms with Gasteiger partial charge < -0.3 is 9.84 Å². The van der Waals surface area contributed by atoms with E-state index in [4.69, 9.17) is 10.00 Å². The lowest BCUT2D eigenvalue weighted by Crippen LogP contribution is -2.48. The van der Waals surface area contributed by atoms with Gasteiger partial charge in [0.05, 0.1) is 23.6 Å². The standard InChI is InChI=1S/C23H23N3O4S/c1-30-19-6-4-18-5-9-23(27)22(21(18)14-19)16-25-10-12-26(13-11-25)31(28,29)20-7-2-17(15-24)3-8-20/h2-9,14,27H,10-13,16H2,1H3. The van der Waals surface area contributed by atoms with Crippen LogP contribution in [0, 0.1) is 11.3 Å². The molecule has 7 nitrogen and oxygen atoms in total. The lowest BCUT2D eigenvalue weighted by molar-refractivity contribution is 0.180. The Balaban J connectivity index is 1.49. The zero-order valence-electron chi connectivity index (χ0n) is 17.2. The molecule has 0 aliphatic carbocycles. The molecule has 31 heavy (non-hydrogen) atoms. The lowest BCUT2D eigenvalue weighted by atomic mass is 10.0. The minimum Gasteiger partial charge on any atom is -0.508 e. The molecule has 0 saturated carbocycles. The summed E-state index contributed by atoms with van der Waals surface area (Å²) in [5, 5.41) is 21.3. The molecule has 0 amide bonds. The number of nitrogens with zero attached hydrogens (tertiary/aromatic N) is 3. The van der Waals surface area contributed by atoms with Crippen LogP contribution in [0.5, 0.6) is 11.5 Å². The number of aromatic hydroxyl groups is 1. The Labute approximate surface area is 181 Å². The normalized spacial score (nSPS) is 15.6. The van der Waals surface area contributed by atoms with Crippen molar-refractivity contribution in [1.29, 1.82) is 5.26 Å². The molecule has 0 radical (unpaired) electrons. The first-order valence-electron chi connectivity index (χ1n) is 9.93. The maximum absolute atomic E-state index is 12.9. The van der Waals surface area contributed by atoms with Gasteiger partial charge in [0.25, 0.3) is 0 Å². The van der Waals surface area contributed by atoms with Crippen LogP contribution in [0.2, 0.25) is 0 Å². The third kappa shape index (κ3) is 4.21. The fraction of sp³-hybridized carbons (Fsp3) is 0.261. The van der Waals surface area contributed by atoms with Crippen LogP contribution in [0.1, 0.15) is 11.1 Å². The molecular weight excluding hydrogens is 414 g/mol. The zero-order valence-corrected chi connectivity index (χ0v) is 18.0. The lowest BCUT2D eigenvalue weighted by Gasteiger charge is -2.34. The third-order valence-electron chi connectivity index (χ3n) is 5.65. The topological polar surface area (TPSA) is 93.9 Å². The first kappa shape index (κ1) is 21.1. The SMILES string of the molecule is COc1ccc2ccc(O)c(CN3CCN(S(=O)(=O)c4ccc(C#N)cc4)CC3)c2c1. The third-order valence-corrected chi connectivity index (χ3v) is 7.56. The summed E-state index contributed by atoms with van der Waals surface area (Å²) < 4.78 is 32.6. The molecule has 0 unspecified atom stereocenters. The van der Waals surface area contributed by atoms with E-state index in [0.717, 1.165) is 22.1 Å². The van der Waals surface area contributed by atoms with Crippen molar-refractivity contribution in [3.05, 3.63) is 65.7 Å². The molecule has 1 fully saturated rings. The summed E-state index contributed by atoms with van der Waals surface area (Å²) in [5.74, 6) is 0.936. The fourth-order valence-electron chi connectivity index (χ4n) is 3.84. The van der Waals surface area contributed by atoms with Gasteiger partial charge in [0.15, 0.2) is 0 Å². The van der Waals surface area contributed by atoms with Gasteiger partial charge in [-0.2, -0.15) is 9.57 Å². The van der Waals surface area contributed by atoms with Gasteiger partial charge in [0.1, 0.15) is 11.5 Å². The van der Waals surface area contributed by atoms with Gasteiger partial charge in [-0.15, -0.1) is 0 Å². The molecule has 0 spiro atoms. The second kappa shape index (κ2) is 8.55. The first-order valence-corrected chi connectivity index (χ1v) is 11.4. The molecule has 3 aromatic carbocycles. The van der Waals surface area contributed by atoms with Crippen LogP contribution < -0.4 is 4.74 Å². The summed E-state index contributed by atoms with van der Waals surface area (Å²) >= 11 is 0. The molecule has 0 bridgehead atoms. The van der Waals surface area contributed by atoms with Crippen LogP contribution in [-0.2, 0) is 16.6 Å². The van der Waals surface area contributed by atoms with Crippen molar-refractivity contribution in [2.75, 3.05) is 33.3 Å². The highest BCUT2D eigenvalue weighted by molar-refractivity contribution is 7.89. The Hall–Kier alpha value is -3.12. The summed E-state index contributed by atoms with van der Waals surface area (Å²) in [5.41, 5.74) is 1.23. The van der Waals surface area contributed by atoms with Crippen LogP contribution in [0.3, 0.4) is 0 Å². The Morgan fingerprint density at radius 2 is 1.71 bits per heavy atom. The summed E-state index contributed by atoms with van der Waals surface area (Å²) in [6.45, 7) is 2.33. The number of piperazine rings is 1. The molecule has 1 heterocycles. The van der Waals surface area contributed by atoms with Crippen molar-refractivity contribution in [2.45, 2.75) is 11.4 Å². The molecule has 1 saturated heterocycles. The molecular formula is C23H23N3O4S. The number of benzene rings is 3. The van der Waals surface area contributed by atoms with Crippen LogP contribution in [0.4, 0.5) is 0 Å². The minimum atomic E-state index is -3.60. The highest BCUT2D eigenvalue weighted by atomic mass is 32.2. The number of methoxy groups -OCH3 is 1. The van der Waals surface area contributed by atoms with Gasteiger partial charge in [-0.1, -0.05) is 12.1 Å². The van der Waals surface area contributed by atoms with Gasteiger partial charge in [0, 0.05) is 38.3 Å². The molecule has 1 aliphatic rings. The average molecular weight is 438 g/mol. The predicted octanol–water partition coefficient (Wildman–Crippen LogP) is 2.93. The van der Waals surface area contributed by atoms with Gasteiger partial charge in [0.2, 0.25) is 10.0 Å². The smallest absolute Gasteiger partial charge is 0.243 e. The summed E-state index contributed by atoms with van der Waals surface area (Å²) in [7, 11) is -2.00. The fourth-order valence-corrected chi connectivity index (χ4v) is 5.27. The second-order valence-corrected chi connectivity index (χ2v) is 9.40. The second-order valence-electron chi connectivity index (χ2n) is 7.47. The van der Waals surface area contributed by atoms with Crippen molar-refractivity contribution in [3.8, 4) is 17.6 Å². The van der Waals surface area contributed by atoms with E-state index in [0.29, 0.717) is 38.3 Å². The number of phenolic OH excluding ortho intramolecular Hbond substituents is 1. The number of nitriles is 1. The van der Waals surface area contributed by atoms with E-state index in [1.807, 2.05) is 30.3 Å². The van der Waals surface area contributed by atoms with E-state index < -0.39 is 10.0 Å². The number of phenols is 1. The van der Waals surface area contributed by atoms with Crippen LogP contribution in [0.15, 0.2) is 59.5 Å². The van der Waals surface area contributed by atoms with E-state index in [1.54, 1.807) is 13.2 Å². The summed E-state index contributed by atoms with van der Waals surface area (Å²) in [6, 6.07) is 17.3. The highest BCUT2D eigenvalue weighted by Crippen LogP contribution is 2.31. The summed E-state index contributed by atoms with van der Waals surface area (Å²) in [6.07, 6.45) is 0.